The van der Waals surface area contributed by atoms with E-state index in [4.69, 9.17) is 12.2 Å². The van der Waals surface area contributed by atoms with Crippen LogP contribution in [-0.2, 0) is 18.4 Å². The fraction of sp³-hybridized carbons (Fsp3) is 0.625. The lowest BCUT2D eigenvalue weighted by Crippen LogP contribution is -2.47. The molecule has 148 valence electrons. The number of nitrogens with zero attached hydrogens (tertiary/aromatic N) is 7. The maximum absolute atomic E-state index is 12.6. The average molecular weight is 401 g/mol. The summed E-state index contributed by atoms with van der Waals surface area (Å²) >= 11 is 5.45. The lowest BCUT2D eigenvalue weighted by molar-refractivity contribution is -0.137. The third-order valence-electron chi connectivity index (χ3n) is 4.38. The molecule has 0 aliphatic carbocycles. The van der Waals surface area contributed by atoms with E-state index in [1.165, 1.54) is 6.07 Å². The average Bonchev–Trinajstić information content (AvgIpc) is 2.96. The standard InChI is InChI=1S/C16H22F3N7S/c1-15(2,3)26-14(27)25(21-22-26)11-23-6-8-24(9-7-23)13-5-4-12(10-20-13)16(17,18)19/h4-5,10H,6-9,11H2,1-3H3. The van der Waals surface area contributed by atoms with E-state index in [0.717, 1.165) is 25.4 Å². The summed E-state index contributed by atoms with van der Waals surface area (Å²) in [5, 5.41) is 8.27. The highest BCUT2D eigenvalue weighted by Crippen LogP contribution is 2.29. The van der Waals surface area contributed by atoms with Crippen LogP contribution in [0.5, 0.6) is 0 Å². The first-order valence-electron chi connectivity index (χ1n) is 8.59. The Balaban J connectivity index is 1.60. The van der Waals surface area contributed by atoms with Gasteiger partial charge in [0.05, 0.1) is 17.8 Å². The van der Waals surface area contributed by atoms with Crippen molar-refractivity contribution in [2.45, 2.75) is 39.2 Å². The van der Waals surface area contributed by atoms with Gasteiger partial charge in [-0.05, 0) is 55.5 Å². The van der Waals surface area contributed by atoms with E-state index in [0.29, 0.717) is 30.3 Å². The number of rotatable bonds is 3. The monoisotopic (exact) mass is 401 g/mol. The van der Waals surface area contributed by atoms with Crippen LogP contribution in [0.4, 0.5) is 19.0 Å². The Bertz CT molecular complexity index is 827. The molecular formula is C16H22F3N7S. The van der Waals surface area contributed by atoms with Crippen molar-refractivity contribution in [1.82, 2.24) is 29.7 Å². The van der Waals surface area contributed by atoms with Crippen LogP contribution in [0.25, 0.3) is 0 Å². The van der Waals surface area contributed by atoms with E-state index in [2.05, 4.69) is 20.3 Å². The third-order valence-corrected chi connectivity index (χ3v) is 4.76. The molecule has 2 aromatic heterocycles. The Morgan fingerprint density at radius 3 is 2.19 bits per heavy atom. The molecule has 0 aromatic carbocycles. The summed E-state index contributed by atoms with van der Waals surface area (Å²) in [7, 11) is 0. The zero-order valence-corrected chi connectivity index (χ0v) is 16.3. The third kappa shape index (κ3) is 4.46. The fourth-order valence-corrected chi connectivity index (χ4v) is 3.24. The fourth-order valence-electron chi connectivity index (χ4n) is 2.83. The second-order valence-corrected chi connectivity index (χ2v) is 7.86. The van der Waals surface area contributed by atoms with E-state index in [9.17, 15) is 13.2 Å². The summed E-state index contributed by atoms with van der Waals surface area (Å²) < 4.78 is 41.9. The minimum absolute atomic E-state index is 0.234. The van der Waals surface area contributed by atoms with Crippen molar-refractivity contribution >= 4 is 18.0 Å². The van der Waals surface area contributed by atoms with E-state index >= 15 is 0 Å². The van der Waals surface area contributed by atoms with Gasteiger partial charge in [-0.1, -0.05) is 0 Å². The smallest absolute Gasteiger partial charge is 0.354 e. The summed E-state index contributed by atoms with van der Waals surface area (Å²) in [5.41, 5.74) is -0.969. The zero-order valence-electron chi connectivity index (χ0n) is 15.4. The molecule has 0 atom stereocenters. The maximum Gasteiger partial charge on any atom is 0.417 e. The topological polar surface area (TPSA) is 55.0 Å². The van der Waals surface area contributed by atoms with Crippen LogP contribution < -0.4 is 4.90 Å². The van der Waals surface area contributed by atoms with Gasteiger partial charge in [0.1, 0.15) is 5.82 Å². The molecule has 1 aliphatic rings. The number of aromatic nitrogens is 5. The molecular weight excluding hydrogens is 379 g/mol. The molecule has 11 heteroatoms. The Kier molecular flexibility index (Phi) is 5.26. The predicted octanol–water partition coefficient (Wildman–Crippen LogP) is 2.76. The first kappa shape index (κ1) is 19.7. The summed E-state index contributed by atoms with van der Waals surface area (Å²) in [5.74, 6) is 0.554. The number of hydrogen-bond acceptors (Lipinski definition) is 6. The van der Waals surface area contributed by atoms with Crippen molar-refractivity contribution < 1.29 is 13.2 Å². The van der Waals surface area contributed by atoms with E-state index in [-0.39, 0.29) is 5.54 Å². The lowest BCUT2D eigenvalue weighted by Gasteiger charge is -2.35. The van der Waals surface area contributed by atoms with Gasteiger partial charge in [0.25, 0.3) is 0 Å². The van der Waals surface area contributed by atoms with Gasteiger partial charge in [-0.2, -0.15) is 13.2 Å². The molecule has 27 heavy (non-hydrogen) atoms. The van der Waals surface area contributed by atoms with Crippen molar-refractivity contribution in [1.29, 1.82) is 0 Å². The highest BCUT2D eigenvalue weighted by atomic mass is 32.1. The van der Waals surface area contributed by atoms with Gasteiger partial charge in [-0.15, -0.1) is 0 Å². The first-order chi connectivity index (χ1) is 12.6. The van der Waals surface area contributed by atoms with Crippen LogP contribution in [0.1, 0.15) is 26.3 Å². The minimum atomic E-state index is -4.37. The largest absolute Gasteiger partial charge is 0.417 e. The van der Waals surface area contributed by atoms with Crippen LogP contribution >= 0.6 is 12.2 Å². The highest BCUT2D eigenvalue weighted by molar-refractivity contribution is 7.71. The Hall–Kier alpha value is -2.01. The summed E-state index contributed by atoms with van der Waals surface area (Å²) in [6.07, 6.45) is -3.49. The lowest BCUT2D eigenvalue weighted by atomic mass is 10.1. The van der Waals surface area contributed by atoms with Gasteiger partial charge in [-0.25, -0.2) is 14.3 Å². The van der Waals surface area contributed by atoms with Gasteiger partial charge < -0.3 is 4.90 Å². The molecule has 0 bridgehead atoms. The molecule has 0 amide bonds. The van der Waals surface area contributed by atoms with Gasteiger partial charge in [0.2, 0.25) is 4.77 Å². The zero-order chi connectivity index (χ0) is 19.8. The number of alkyl halides is 3. The molecule has 3 heterocycles. The quantitative estimate of drug-likeness (QED) is 0.738. The highest BCUT2D eigenvalue weighted by Gasteiger charge is 2.31. The molecule has 3 rings (SSSR count). The Labute approximate surface area is 160 Å². The van der Waals surface area contributed by atoms with Crippen LogP contribution in [0.2, 0.25) is 0 Å². The van der Waals surface area contributed by atoms with Gasteiger partial charge in [0.15, 0.2) is 0 Å². The molecule has 1 saturated heterocycles. The van der Waals surface area contributed by atoms with Gasteiger partial charge in [-0.3, -0.25) is 4.90 Å². The number of anilines is 1. The number of piperazine rings is 1. The van der Waals surface area contributed by atoms with Crippen molar-refractivity contribution in [2.75, 3.05) is 31.1 Å². The van der Waals surface area contributed by atoms with Crippen molar-refractivity contribution in [3.63, 3.8) is 0 Å². The summed E-state index contributed by atoms with van der Waals surface area (Å²) in [4.78, 5) is 8.11. The first-order valence-corrected chi connectivity index (χ1v) is 9.00. The molecule has 0 saturated carbocycles. The van der Waals surface area contributed by atoms with Crippen molar-refractivity contribution in [3.05, 3.63) is 28.7 Å². The number of halogens is 3. The van der Waals surface area contributed by atoms with E-state index in [1.54, 1.807) is 9.36 Å². The number of hydrogen-bond donors (Lipinski definition) is 0. The van der Waals surface area contributed by atoms with Crippen LogP contribution in [0.15, 0.2) is 18.3 Å². The maximum atomic E-state index is 12.6. The van der Waals surface area contributed by atoms with Crippen LogP contribution in [-0.4, -0.2) is 55.9 Å². The molecule has 0 unspecified atom stereocenters. The van der Waals surface area contributed by atoms with Gasteiger partial charge >= 0.3 is 6.18 Å². The van der Waals surface area contributed by atoms with E-state index in [1.807, 2.05) is 25.7 Å². The summed E-state index contributed by atoms with van der Waals surface area (Å²) in [6, 6.07) is 2.49. The molecule has 0 N–H and O–H groups in total. The molecule has 0 radical (unpaired) electrons. The Morgan fingerprint density at radius 1 is 1.04 bits per heavy atom. The van der Waals surface area contributed by atoms with Crippen LogP contribution in [0, 0.1) is 4.77 Å². The van der Waals surface area contributed by atoms with E-state index < -0.39 is 11.7 Å². The SMILES string of the molecule is CC(C)(C)n1nnn(CN2CCN(c3ccc(C(F)(F)F)cn3)CC2)c1=S. The van der Waals surface area contributed by atoms with Crippen molar-refractivity contribution in [2.24, 2.45) is 0 Å². The van der Waals surface area contributed by atoms with Gasteiger partial charge in [0, 0.05) is 32.4 Å². The normalized spacial score (nSPS) is 16.7. The molecule has 1 aliphatic heterocycles. The second kappa shape index (κ2) is 7.19. The molecule has 0 spiro atoms. The molecule has 1 fully saturated rings. The molecule has 2 aromatic rings. The van der Waals surface area contributed by atoms with Crippen molar-refractivity contribution in [3.8, 4) is 0 Å². The second-order valence-electron chi connectivity index (χ2n) is 7.49. The number of tetrazole rings is 1. The summed E-state index contributed by atoms with van der Waals surface area (Å²) in [6.45, 7) is 9.36. The Morgan fingerprint density at radius 2 is 1.70 bits per heavy atom. The van der Waals surface area contributed by atoms with Crippen LogP contribution in [0.3, 0.4) is 0 Å². The minimum Gasteiger partial charge on any atom is -0.354 e. The number of pyridine rings is 1. The molecule has 7 nitrogen and oxygen atoms in total. The predicted molar refractivity (Wildman–Crippen MR) is 96.9 cm³/mol.